The van der Waals surface area contributed by atoms with E-state index in [-0.39, 0.29) is 4.90 Å². The summed E-state index contributed by atoms with van der Waals surface area (Å²) >= 11 is 3.23. The molecule has 1 atom stereocenters. The minimum atomic E-state index is -1.90. The highest BCUT2D eigenvalue weighted by Crippen LogP contribution is 2.22. The number of aryl methyl sites for hydroxylation is 1. The van der Waals surface area contributed by atoms with Gasteiger partial charge < -0.3 is 0 Å². The molecule has 2 aromatic rings. The van der Waals surface area contributed by atoms with Crippen LogP contribution in [0.4, 0.5) is 14.5 Å². The Balaban J connectivity index is 2.31. The van der Waals surface area contributed by atoms with Gasteiger partial charge >= 0.3 is 0 Å². The Bertz CT molecular complexity index is 652. The normalized spacial score (nSPS) is 12.2. The first kappa shape index (κ1) is 14.1. The molecule has 0 fully saturated rings. The highest BCUT2D eigenvalue weighted by molar-refractivity contribution is 9.10. The van der Waals surface area contributed by atoms with Crippen molar-refractivity contribution >= 4 is 32.6 Å². The summed E-state index contributed by atoms with van der Waals surface area (Å²) in [7, 11) is -1.90. The summed E-state index contributed by atoms with van der Waals surface area (Å²) in [6.07, 6.45) is 1.59. The van der Waals surface area contributed by atoms with Gasteiger partial charge in [0.05, 0.1) is 16.3 Å². The quantitative estimate of drug-likeness (QED) is 0.923. The van der Waals surface area contributed by atoms with E-state index in [9.17, 15) is 13.0 Å². The molecule has 1 aromatic carbocycles. The average Bonchev–Trinajstić information content (AvgIpc) is 2.37. The second kappa shape index (κ2) is 5.75. The van der Waals surface area contributed by atoms with Crippen molar-refractivity contribution in [2.75, 3.05) is 4.72 Å². The fourth-order valence-electron chi connectivity index (χ4n) is 1.39. The largest absolute Gasteiger partial charge is 0.299 e. The van der Waals surface area contributed by atoms with Crippen molar-refractivity contribution in [3.8, 4) is 0 Å². The zero-order valence-electron chi connectivity index (χ0n) is 9.78. The molecule has 1 aromatic heterocycles. The Morgan fingerprint density at radius 3 is 2.84 bits per heavy atom. The number of halogens is 3. The van der Waals surface area contributed by atoms with Crippen molar-refractivity contribution in [3.63, 3.8) is 0 Å². The summed E-state index contributed by atoms with van der Waals surface area (Å²) in [4.78, 5) is 3.82. The molecule has 7 heteroatoms. The van der Waals surface area contributed by atoms with Gasteiger partial charge in [-0.05, 0) is 41.1 Å². The molecule has 2 rings (SSSR count). The molecule has 0 bridgehead atoms. The molecular weight excluding hydrogens is 338 g/mol. The number of pyridine rings is 1. The van der Waals surface area contributed by atoms with Crippen LogP contribution in [0.2, 0.25) is 0 Å². The van der Waals surface area contributed by atoms with Gasteiger partial charge in [-0.2, -0.15) is 0 Å². The molecular formula is C12H9BrF2N2OS. The van der Waals surface area contributed by atoms with Crippen LogP contribution in [-0.4, -0.2) is 9.19 Å². The number of benzene rings is 1. The summed E-state index contributed by atoms with van der Waals surface area (Å²) in [6.45, 7) is 1.72. The van der Waals surface area contributed by atoms with E-state index in [4.69, 9.17) is 0 Å². The minimum Gasteiger partial charge on any atom is -0.299 e. The number of hydrogen-bond acceptors (Lipinski definition) is 2. The average molecular weight is 347 g/mol. The highest BCUT2D eigenvalue weighted by Gasteiger charge is 2.15. The molecule has 0 spiro atoms. The van der Waals surface area contributed by atoms with Crippen molar-refractivity contribution < 1.29 is 13.0 Å². The predicted molar refractivity (Wildman–Crippen MR) is 73.1 cm³/mol. The number of nitrogens with zero attached hydrogens (tertiary/aromatic N) is 1. The summed E-state index contributed by atoms with van der Waals surface area (Å²) in [6, 6.07) is 5.21. The lowest BCUT2D eigenvalue weighted by Gasteiger charge is -2.09. The lowest BCUT2D eigenvalue weighted by molar-refractivity contribution is 0.489. The highest BCUT2D eigenvalue weighted by atomic mass is 79.9. The van der Waals surface area contributed by atoms with Gasteiger partial charge in [-0.3, -0.25) is 9.71 Å². The standard InChI is InChI=1S/C12H9BrF2N2OS/c1-7-10(5-8(13)6-16-7)17-19(18)11-4-2-3-9(14)12(11)15/h2-6,17H,1H3. The Morgan fingerprint density at radius 1 is 1.37 bits per heavy atom. The number of anilines is 1. The minimum absolute atomic E-state index is 0.237. The summed E-state index contributed by atoms with van der Waals surface area (Å²) < 4.78 is 41.9. The van der Waals surface area contributed by atoms with E-state index in [1.54, 1.807) is 19.2 Å². The van der Waals surface area contributed by atoms with E-state index in [1.807, 2.05) is 0 Å². The van der Waals surface area contributed by atoms with Crippen molar-refractivity contribution in [1.82, 2.24) is 4.98 Å². The van der Waals surface area contributed by atoms with Gasteiger partial charge in [-0.25, -0.2) is 13.0 Å². The molecule has 1 unspecified atom stereocenters. The molecule has 0 saturated heterocycles. The second-order valence-corrected chi connectivity index (χ2v) is 5.81. The van der Waals surface area contributed by atoms with Gasteiger partial charge in [0, 0.05) is 10.7 Å². The summed E-state index contributed by atoms with van der Waals surface area (Å²) in [5.74, 6) is -2.15. The Labute approximate surface area is 119 Å². The van der Waals surface area contributed by atoms with E-state index >= 15 is 0 Å². The first-order chi connectivity index (χ1) is 8.99. The Kier molecular flexibility index (Phi) is 4.26. The van der Waals surface area contributed by atoms with E-state index in [0.29, 0.717) is 15.9 Å². The van der Waals surface area contributed by atoms with Crippen LogP contribution < -0.4 is 4.72 Å². The molecule has 1 N–H and O–H groups in total. The first-order valence-electron chi connectivity index (χ1n) is 5.23. The maximum absolute atomic E-state index is 13.5. The lowest BCUT2D eigenvalue weighted by atomic mass is 10.3. The molecule has 0 aliphatic carbocycles. The predicted octanol–water partition coefficient (Wildman–Crippen LogP) is 3.57. The zero-order valence-corrected chi connectivity index (χ0v) is 12.2. The van der Waals surface area contributed by atoms with Crippen LogP contribution in [0, 0.1) is 18.6 Å². The summed E-state index contributed by atoms with van der Waals surface area (Å²) in [5, 5.41) is 0. The van der Waals surface area contributed by atoms with Crippen molar-refractivity contribution in [2.45, 2.75) is 11.8 Å². The third-order valence-electron chi connectivity index (χ3n) is 2.37. The van der Waals surface area contributed by atoms with Gasteiger partial charge in [-0.1, -0.05) is 6.07 Å². The number of aromatic nitrogens is 1. The van der Waals surface area contributed by atoms with Gasteiger partial charge in [0.15, 0.2) is 22.6 Å². The molecule has 3 nitrogen and oxygen atoms in total. The molecule has 0 aliphatic rings. The second-order valence-electron chi connectivity index (χ2n) is 3.71. The van der Waals surface area contributed by atoms with Crippen molar-refractivity contribution in [1.29, 1.82) is 0 Å². The SMILES string of the molecule is Cc1ncc(Br)cc1NS(=O)c1cccc(F)c1F. The molecule has 0 amide bonds. The van der Waals surface area contributed by atoms with Gasteiger partial charge in [0.1, 0.15) is 0 Å². The molecule has 100 valence electrons. The van der Waals surface area contributed by atoms with Crippen LogP contribution in [0.15, 0.2) is 39.8 Å². The molecule has 0 saturated carbocycles. The Morgan fingerprint density at radius 2 is 2.11 bits per heavy atom. The fraction of sp³-hybridized carbons (Fsp3) is 0.0833. The van der Waals surface area contributed by atoms with Crippen LogP contribution in [-0.2, 0) is 11.0 Å². The summed E-state index contributed by atoms with van der Waals surface area (Å²) in [5.41, 5.74) is 1.09. The van der Waals surface area contributed by atoms with Gasteiger partial charge in [0.2, 0.25) is 0 Å². The van der Waals surface area contributed by atoms with E-state index < -0.39 is 22.6 Å². The molecule has 19 heavy (non-hydrogen) atoms. The third kappa shape index (κ3) is 3.16. The third-order valence-corrected chi connectivity index (χ3v) is 3.93. The Hall–Kier alpha value is -1.34. The van der Waals surface area contributed by atoms with E-state index in [2.05, 4.69) is 25.6 Å². The van der Waals surface area contributed by atoms with Gasteiger partial charge in [-0.15, -0.1) is 0 Å². The van der Waals surface area contributed by atoms with Crippen LogP contribution in [0.5, 0.6) is 0 Å². The lowest BCUT2D eigenvalue weighted by Crippen LogP contribution is -2.09. The van der Waals surface area contributed by atoms with E-state index in [1.165, 1.54) is 12.1 Å². The number of nitrogens with one attached hydrogen (secondary N) is 1. The monoisotopic (exact) mass is 346 g/mol. The maximum Gasteiger partial charge on any atom is 0.176 e. The van der Waals surface area contributed by atoms with Crippen LogP contribution in [0.3, 0.4) is 0 Å². The topological polar surface area (TPSA) is 42.0 Å². The first-order valence-corrected chi connectivity index (χ1v) is 7.18. The number of rotatable bonds is 3. The molecule has 0 aliphatic heterocycles. The van der Waals surface area contributed by atoms with Gasteiger partial charge in [0.25, 0.3) is 0 Å². The maximum atomic E-state index is 13.5. The van der Waals surface area contributed by atoms with Crippen molar-refractivity contribution in [2.24, 2.45) is 0 Å². The smallest absolute Gasteiger partial charge is 0.176 e. The van der Waals surface area contributed by atoms with Crippen LogP contribution >= 0.6 is 15.9 Å². The zero-order chi connectivity index (χ0) is 14.0. The van der Waals surface area contributed by atoms with Crippen molar-refractivity contribution in [3.05, 3.63) is 52.3 Å². The van der Waals surface area contributed by atoms with E-state index in [0.717, 1.165) is 6.07 Å². The fourth-order valence-corrected chi connectivity index (χ4v) is 2.70. The van der Waals surface area contributed by atoms with Crippen LogP contribution in [0.1, 0.15) is 5.69 Å². The molecule has 1 heterocycles. The number of hydrogen-bond donors (Lipinski definition) is 1. The van der Waals surface area contributed by atoms with Crippen LogP contribution in [0.25, 0.3) is 0 Å². The molecule has 0 radical (unpaired) electrons.